The van der Waals surface area contributed by atoms with E-state index >= 15 is 0 Å². The highest BCUT2D eigenvalue weighted by Gasteiger charge is 2.63. The molecule has 6 bridgehead atoms. The number of rotatable bonds is 67. The van der Waals surface area contributed by atoms with E-state index in [1.165, 1.54) is 30.7 Å². The number of aliphatic hydroxyl groups is 6. The molecular weight excluding hydrogens is 1720 g/mol. The van der Waals surface area contributed by atoms with Crippen LogP contribution in [0.5, 0.6) is 11.5 Å². The smallest absolute Gasteiger partial charge is 0.256 e. The molecule has 6 aliphatic heterocycles. The van der Waals surface area contributed by atoms with Crippen molar-refractivity contribution >= 4 is 46.3 Å². The van der Waals surface area contributed by atoms with E-state index in [0.29, 0.717) is 28.3 Å². The van der Waals surface area contributed by atoms with Crippen molar-refractivity contribution in [1.29, 1.82) is 0 Å². The number of aromatic hydroxyl groups is 1. The molecule has 6 aliphatic rings. The van der Waals surface area contributed by atoms with Crippen LogP contribution in [0.4, 0.5) is 4.39 Å². The number of aromatic nitrogens is 4. The van der Waals surface area contributed by atoms with Gasteiger partial charge in [-0.2, -0.15) is 9.78 Å². The molecule has 0 aliphatic carbocycles. The molecule has 2 aromatic heterocycles. The Morgan fingerprint density at radius 3 is 1.51 bits per heavy atom. The summed E-state index contributed by atoms with van der Waals surface area (Å²) in [5, 5.41) is 98.2. The van der Waals surface area contributed by atoms with Crippen LogP contribution in [0.25, 0.3) is 28.0 Å². The average Bonchev–Trinajstić information content (AvgIpc) is 1.61. The highest BCUT2D eigenvalue weighted by molar-refractivity contribution is 5.83. The number of hydrogen-bond donors (Lipinski definition) is 13. The van der Waals surface area contributed by atoms with Crippen LogP contribution in [0, 0.1) is 5.82 Å². The Balaban J connectivity index is 0.644. The van der Waals surface area contributed by atoms with E-state index in [9.17, 15) is 68.9 Å². The summed E-state index contributed by atoms with van der Waals surface area (Å²) in [6, 6.07) is 10.7. The number of nitrogens with zero attached hydrogens (tertiary/aromatic N) is 4. The van der Waals surface area contributed by atoms with Gasteiger partial charge in [0.2, 0.25) is 41.7 Å². The third-order valence-electron chi connectivity index (χ3n) is 20.8. The zero-order valence-electron chi connectivity index (χ0n) is 72.4. The van der Waals surface area contributed by atoms with Gasteiger partial charge in [-0.25, -0.2) is 14.1 Å². The second kappa shape index (κ2) is 54.4. The number of carbonyl (C=O) groups excluding carboxylic acids is 6. The number of phenolic OH excluding ortho intramolecular Hbond substituents is 1. The van der Waals surface area contributed by atoms with E-state index in [0.717, 1.165) is 11.5 Å². The minimum atomic E-state index is -1.79. The molecule has 2 aromatic carbocycles. The number of fused-ring (bicyclic) bond motifs is 7. The number of halogens is 1. The van der Waals surface area contributed by atoms with E-state index in [4.69, 9.17) is 114 Å². The standard InChI is InChI=1S/C82H123FN10O36/c1-54(94)87-70-72(102)75(105)81(52-124-77(70)126-81)50-120-40-37-114-34-31-111-28-25-108-22-15-85-66(99)12-19-117-47-79(46-116-18-11-65(98)84-14-21-107-24-27-110-30-33-113-36-39-119-49-80-51-123-69(125-80)44-64(97)74(80)104,90-68(101)4-3-17-122-58-7-9-60-56(42-58)5-8-61(89-60)62-45-93(92-91-62)57-6-10-63(96)59(83)43-57)48-118-20-13-67(100)86-16-23-109-26-29-112-32-35-115-38-41-121-53-82-76(106)73(103)71(88-55(2)95)78(127-82)128-129-82/h5-10,42-43,45,64,69-78,96-97,102-106H,3-4,11-41,44,46-53H2,1-2H3,(H,84,98)(H,85,99)(H,86,100)(H,87,94)(H,88,95)(H,90,101)/t64-,69+,70-,71-,72-,73-,74-,75-,76-,77+,78-,79?,80+,81+,82+/m1/s1. The van der Waals surface area contributed by atoms with Crippen LogP contribution in [0.3, 0.4) is 0 Å². The summed E-state index contributed by atoms with van der Waals surface area (Å²) in [4.78, 5) is 91.7. The van der Waals surface area contributed by atoms with Crippen molar-refractivity contribution in [3.63, 3.8) is 0 Å². The number of phenols is 1. The molecule has 4 aromatic rings. The minimum Gasteiger partial charge on any atom is -0.505 e. The molecule has 1 unspecified atom stereocenters. The Labute approximate surface area is 742 Å². The van der Waals surface area contributed by atoms with Crippen molar-refractivity contribution in [2.75, 3.05) is 238 Å². The zero-order chi connectivity index (χ0) is 91.7. The van der Waals surface area contributed by atoms with Gasteiger partial charge in [0.15, 0.2) is 24.1 Å². The summed E-state index contributed by atoms with van der Waals surface area (Å²) in [6.45, 7) is 6.19. The normalized spacial score (nSPS) is 24.9. The van der Waals surface area contributed by atoms with E-state index in [1.807, 2.05) is 6.07 Å². The molecule has 0 spiro atoms. The van der Waals surface area contributed by atoms with Crippen molar-refractivity contribution < 1.29 is 178 Å². The lowest BCUT2D eigenvalue weighted by atomic mass is 9.88. The van der Waals surface area contributed by atoms with Gasteiger partial charge in [0.05, 0.1) is 241 Å². The third-order valence-corrected chi connectivity index (χ3v) is 20.8. The molecule has 6 amide bonds. The van der Waals surface area contributed by atoms with Gasteiger partial charge in [-0.15, -0.1) is 5.10 Å². The van der Waals surface area contributed by atoms with Gasteiger partial charge in [-0.1, -0.05) is 11.3 Å². The Morgan fingerprint density at radius 2 is 0.984 bits per heavy atom. The molecule has 13 N–H and O–H groups in total. The van der Waals surface area contributed by atoms with Crippen molar-refractivity contribution in [1.82, 2.24) is 51.9 Å². The van der Waals surface area contributed by atoms with Crippen LogP contribution in [0.15, 0.2) is 54.7 Å². The van der Waals surface area contributed by atoms with Crippen LogP contribution in [0.2, 0.25) is 0 Å². The topological polar surface area (TPSA) is 572 Å². The Hall–Kier alpha value is -7.78. The number of hydrogen-bond acceptors (Lipinski definition) is 39. The summed E-state index contributed by atoms with van der Waals surface area (Å²) in [7, 11) is 0. The first-order chi connectivity index (χ1) is 62.5. The third kappa shape index (κ3) is 33.1. The summed E-state index contributed by atoms with van der Waals surface area (Å²) < 4.78 is 136. The number of nitrogens with one attached hydrogen (secondary N) is 6. The predicted octanol–water partition coefficient (Wildman–Crippen LogP) is -4.06. The minimum absolute atomic E-state index is 0.0351. The fourth-order valence-corrected chi connectivity index (χ4v) is 14.0. The molecule has 0 saturated carbocycles. The van der Waals surface area contributed by atoms with Crippen molar-refractivity contribution in [2.45, 2.75) is 142 Å². The van der Waals surface area contributed by atoms with Crippen LogP contribution in [0.1, 0.15) is 52.4 Å². The van der Waals surface area contributed by atoms with Crippen LogP contribution in [-0.4, -0.2) is 419 Å². The Kier molecular flexibility index (Phi) is 43.6. The molecule has 724 valence electrons. The largest absolute Gasteiger partial charge is 0.505 e. The Morgan fingerprint density at radius 1 is 0.496 bits per heavy atom. The van der Waals surface area contributed by atoms with Gasteiger partial charge in [0.1, 0.15) is 77.4 Å². The number of amides is 6. The molecule has 10 rings (SSSR count). The molecule has 6 fully saturated rings. The zero-order valence-corrected chi connectivity index (χ0v) is 72.4. The quantitative estimate of drug-likeness (QED) is 0.0148. The lowest BCUT2D eigenvalue weighted by molar-refractivity contribution is -0.358. The molecule has 129 heavy (non-hydrogen) atoms. The van der Waals surface area contributed by atoms with E-state index < -0.39 is 119 Å². The van der Waals surface area contributed by atoms with Crippen molar-refractivity contribution in [3.8, 4) is 28.6 Å². The maximum Gasteiger partial charge on any atom is 0.256 e. The Bertz CT molecular complexity index is 3930. The van der Waals surface area contributed by atoms with E-state index in [2.05, 4.69) is 42.2 Å². The van der Waals surface area contributed by atoms with Crippen molar-refractivity contribution in [2.24, 2.45) is 0 Å². The number of aliphatic hydroxyl groups excluding tert-OH is 6. The first-order valence-corrected chi connectivity index (χ1v) is 42.9. The maximum atomic E-state index is 14.2. The molecule has 0 radical (unpaired) electrons. The second-order valence-electron chi connectivity index (χ2n) is 31.0. The number of carbonyl (C=O) groups is 6. The maximum absolute atomic E-state index is 14.2. The molecule has 8 heterocycles. The summed E-state index contributed by atoms with van der Waals surface area (Å²) >= 11 is 0. The highest BCUT2D eigenvalue weighted by Crippen LogP contribution is 2.41. The first-order valence-electron chi connectivity index (χ1n) is 42.9. The fourth-order valence-electron chi connectivity index (χ4n) is 14.0. The SMILES string of the molecule is CC(=O)N[C@H]1[C@H]2OC[C@](COCCOCCOCCOCCNC(=O)CCOCC(COCCC(=O)NCCOCCOCCOCCOC[C@]34CO[C@H](C[C@@H](O)[C@H]3O)O4)(COCCC(=O)NCCOCCOCCOCCOC[C@@]34OO[C@@H](O3)[C@H](NC(C)=O)[C@@H](O)[C@H]4O)NC(=O)CCCOc3ccc4nc(-c5cn(-c6ccc(O)c(F)c6)nn5)ccc4c3)(O2)[C@H](O)[C@@H]1O. The lowest BCUT2D eigenvalue weighted by Gasteiger charge is -2.42. The number of benzene rings is 2. The number of pyridine rings is 1. The van der Waals surface area contributed by atoms with Crippen LogP contribution >= 0.6 is 0 Å². The summed E-state index contributed by atoms with van der Waals surface area (Å²) in [6.07, 6.45) is -8.83. The van der Waals surface area contributed by atoms with Gasteiger partial charge in [0, 0.05) is 77.0 Å². The average molecular weight is 1840 g/mol. The van der Waals surface area contributed by atoms with Gasteiger partial charge in [-0.3, -0.25) is 28.8 Å². The van der Waals surface area contributed by atoms with Gasteiger partial charge in [0.25, 0.3) is 5.79 Å². The monoisotopic (exact) mass is 1840 g/mol. The summed E-state index contributed by atoms with van der Waals surface area (Å²) in [5.41, 5.74) is -2.00. The molecule has 6 saturated heterocycles. The van der Waals surface area contributed by atoms with Crippen molar-refractivity contribution in [3.05, 3.63) is 60.5 Å². The fraction of sp³-hybridized carbons (Fsp3) is 0.720. The van der Waals surface area contributed by atoms with Gasteiger partial charge in [-0.05, 0) is 42.8 Å². The summed E-state index contributed by atoms with van der Waals surface area (Å²) in [5.74, 6) is -5.02. The molecule has 46 nitrogen and oxygen atoms in total. The predicted molar refractivity (Wildman–Crippen MR) is 437 cm³/mol. The molecule has 47 heteroatoms. The molecular formula is C82H123FN10O36. The van der Waals surface area contributed by atoms with Gasteiger partial charge < -0.3 is 167 Å². The highest BCUT2D eigenvalue weighted by atomic mass is 19.1. The lowest BCUT2D eigenvalue weighted by Crippen LogP contribution is -2.66. The van der Waals surface area contributed by atoms with Gasteiger partial charge >= 0.3 is 0 Å². The number of ether oxygens (including phenoxy) is 21. The van der Waals surface area contributed by atoms with Crippen LogP contribution in [-0.2, 0) is 133 Å². The van der Waals surface area contributed by atoms with E-state index in [-0.39, 0.29) is 294 Å². The molecule has 15 atom stereocenters. The second-order valence-corrected chi connectivity index (χ2v) is 31.0. The van der Waals surface area contributed by atoms with E-state index in [1.54, 1.807) is 30.5 Å². The van der Waals surface area contributed by atoms with Crippen LogP contribution < -0.4 is 36.6 Å². The first kappa shape index (κ1) is 103.